The topological polar surface area (TPSA) is 81.0 Å². The van der Waals surface area contributed by atoms with E-state index in [2.05, 4.69) is 60.6 Å². The molecule has 1 aliphatic rings. The highest BCUT2D eigenvalue weighted by Gasteiger charge is 2.19. The van der Waals surface area contributed by atoms with Crippen molar-refractivity contribution >= 4 is 23.1 Å². The second-order valence-corrected chi connectivity index (χ2v) is 6.27. The van der Waals surface area contributed by atoms with Gasteiger partial charge in [0.05, 0.1) is 17.8 Å². The predicted octanol–water partition coefficient (Wildman–Crippen LogP) is 2.81. The molecule has 0 radical (unpaired) electrons. The van der Waals surface area contributed by atoms with Gasteiger partial charge < -0.3 is 15.1 Å². The van der Waals surface area contributed by atoms with Crippen LogP contribution in [0, 0.1) is 11.3 Å². The molecule has 2 heterocycles. The predicted molar refractivity (Wildman–Crippen MR) is 105 cm³/mol. The molecule has 134 valence electrons. The maximum atomic E-state index is 9.02. The van der Waals surface area contributed by atoms with Gasteiger partial charge in [0, 0.05) is 37.6 Å². The maximum absolute atomic E-state index is 9.02. The minimum absolute atomic E-state index is 0.597. The van der Waals surface area contributed by atoms with E-state index < -0.39 is 0 Å². The van der Waals surface area contributed by atoms with E-state index in [4.69, 9.17) is 5.26 Å². The molecule has 27 heavy (non-hydrogen) atoms. The Morgan fingerprint density at radius 3 is 2.48 bits per heavy atom. The van der Waals surface area contributed by atoms with E-state index in [9.17, 15) is 0 Å². The summed E-state index contributed by atoms with van der Waals surface area (Å²) in [6.45, 7) is 3.50. The molecule has 4 rings (SSSR count). The Bertz CT molecular complexity index is 944. The Morgan fingerprint density at radius 2 is 1.70 bits per heavy atom. The summed E-state index contributed by atoms with van der Waals surface area (Å²) in [6.07, 6.45) is 1.59. The summed E-state index contributed by atoms with van der Waals surface area (Å²) in [5.74, 6) is 1.23. The first-order chi connectivity index (χ1) is 13.3. The molecule has 1 aliphatic heterocycles. The highest BCUT2D eigenvalue weighted by molar-refractivity contribution is 5.58. The number of hydrogen-bond donors (Lipinski definition) is 1. The SMILES string of the molecule is N#Cc1cccc(Nc2cnnc(N3CCN(c4ccccc4)CC3)n2)c1. The van der Waals surface area contributed by atoms with Gasteiger partial charge in [-0.15, -0.1) is 5.10 Å². The lowest BCUT2D eigenvalue weighted by Gasteiger charge is -2.35. The van der Waals surface area contributed by atoms with Crippen molar-refractivity contribution in [2.75, 3.05) is 41.3 Å². The third-order valence-corrected chi connectivity index (χ3v) is 4.50. The van der Waals surface area contributed by atoms with Crippen LogP contribution in [0.2, 0.25) is 0 Å². The van der Waals surface area contributed by atoms with Gasteiger partial charge in [0.2, 0.25) is 5.95 Å². The number of para-hydroxylation sites is 1. The summed E-state index contributed by atoms with van der Waals surface area (Å²) >= 11 is 0. The van der Waals surface area contributed by atoms with Crippen LogP contribution >= 0.6 is 0 Å². The first-order valence-corrected chi connectivity index (χ1v) is 8.84. The summed E-state index contributed by atoms with van der Waals surface area (Å²) in [5.41, 5.74) is 2.64. The van der Waals surface area contributed by atoms with Gasteiger partial charge in [-0.25, -0.2) is 0 Å². The van der Waals surface area contributed by atoms with Crippen molar-refractivity contribution in [1.82, 2.24) is 15.2 Å². The van der Waals surface area contributed by atoms with Crippen LogP contribution in [0.25, 0.3) is 0 Å². The third kappa shape index (κ3) is 3.96. The first-order valence-electron chi connectivity index (χ1n) is 8.84. The minimum Gasteiger partial charge on any atom is -0.368 e. The fourth-order valence-corrected chi connectivity index (χ4v) is 3.11. The molecule has 7 heteroatoms. The van der Waals surface area contributed by atoms with Crippen molar-refractivity contribution in [1.29, 1.82) is 5.26 Å². The molecular formula is C20H19N7. The number of nitriles is 1. The molecule has 0 atom stereocenters. The van der Waals surface area contributed by atoms with Crippen molar-refractivity contribution in [2.24, 2.45) is 0 Å². The average molecular weight is 357 g/mol. The number of piperazine rings is 1. The van der Waals surface area contributed by atoms with Crippen molar-refractivity contribution in [2.45, 2.75) is 0 Å². The number of aromatic nitrogens is 3. The van der Waals surface area contributed by atoms with E-state index in [1.54, 1.807) is 18.3 Å². The van der Waals surface area contributed by atoms with Crippen molar-refractivity contribution in [3.05, 3.63) is 66.4 Å². The minimum atomic E-state index is 0.597. The molecule has 1 N–H and O–H groups in total. The van der Waals surface area contributed by atoms with Gasteiger partial charge >= 0.3 is 0 Å². The number of hydrogen-bond acceptors (Lipinski definition) is 7. The molecule has 7 nitrogen and oxygen atoms in total. The Labute approximate surface area is 157 Å². The Kier molecular flexibility index (Phi) is 4.79. The van der Waals surface area contributed by atoms with Crippen LogP contribution in [0.3, 0.4) is 0 Å². The normalized spacial score (nSPS) is 13.9. The fourth-order valence-electron chi connectivity index (χ4n) is 3.11. The van der Waals surface area contributed by atoms with Gasteiger partial charge in [-0.05, 0) is 30.3 Å². The van der Waals surface area contributed by atoms with Crippen LogP contribution in [0.5, 0.6) is 0 Å². The van der Waals surface area contributed by atoms with Gasteiger partial charge in [-0.1, -0.05) is 24.3 Å². The van der Waals surface area contributed by atoms with Gasteiger partial charge in [-0.3, -0.25) is 0 Å². The lowest BCUT2D eigenvalue weighted by atomic mass is 10.2. The third-order valence-electron chi connectivity index (χ3n) is 4.50. The lowest BCUT2D eigenvalue weighted by molar-refractivity contribution is 0.635. The molecule has 1 saturated heterocycles. The molecule has 0 saturated carbocycles. The zero-order valence-corrected chi connectivity index (χ0v) is 14.8. The quantitative estimate of drug-likeness (QED) is 0.769. The van der Waals surface area contributed by atoms with Crippen molar-refractivity contribution < 1.29 is 0 Å². The Hall–Kier alpha value is -3.66. The van der Waals surface area contributed by atoms with E-state index in [0.717, 1.165) is 31.9 Å². The van der Waals surface area contributed by atoms with E-state index in [1.165, 1.54) is 5.69 Å². The number of rotatable bonds is 4. The molecular weight excluding hydrogens is 338 g/mol. The van der Waals surface area contributed by atoms with Gasteiger partial charge in [0.1, 0.15) is 0 Å². The molecule has 0 aliphatic carbocycles. The summed E-state index contributed by atoms with van der Waals surface area (Å²) < 4.78 is 0. The van der Waals surface area contributed by atoms with Crippen molar-refractivity contribution in [3.63, 3.8) is 0 Å². The van der Waals surface area contributed by atoms with Gasteiger partial charge in [-0.2, -0.15) is 15.3 Å². The van der Waals surface area contributed by atoms with Gasteiger partial charge in [0.15, 0.2) is 5.82 Å². The molecule has 0 spiro atoms. The Balaban J connectivity index is 1.43. The van der Waals surface area contributed by atoms with E-state index in [1.807, 2.05) is 18.2 Å². The molecule has 0 amide bonds. The lowest BCUT2D eigenvalue weighted by Crippen LogP contribution is -2.47. The molecule has 0 bridgehead atoms. The number of nitrogens with one attached hydrogen (secondary N) is 1. The maximum Gasteiger partial charge on any atom is 0.247 e. The smallest absolute Gasteiger partial charge is 0.247 e. The number of benzene rings is 2. The highest BCUT2D eigenvalue weighted by atomic mass is 15.4. The Morgan fingerprint density at radius 1 is 0.926 bits per heavy atom. The summed E-state index contributed by atoms with van der Waals surface area (Å²) in [5, 5.41) is 20.5. The van der Waals surface area contributed by atoms with E-state index >= 15 is 0 Å². The van der Waals surface area contributed by atoms with Crippen LogP contribution in [-0.2, 0) is 0 Å². The summed E-state index contributed by atoms with van der Waals surface area (Å²) in [6, 6.07) is 19.8. The van der Waals surface area contributed by atoms with E-state index in [0.29, 0.717) is 17.3 Å². The molecule has 0 unspecified atom stereocenters. The standard InChI is InChI=1S/C20H19N7/c21-14-16-5-4-6-17(13-16)23-19-15-22-25-20(24-19)27-11-9-26(10-12-27)18-7-2-1-3-8-18/h1-8,13,15H,9-12H2,(H,23,24,25). The van der Waals surface area contributed by atoms with Crippen LogP contribution in [0.4, 0.5) is 23.1 Å². The monoisotopic (exact) mass is 357 g/mol. The number of nitrogens with zero attached hydrogens (tertiary/aromatic N) is 6. The van der Waals surface area contributed by atoms with Crippen LogP contribution in [0.1, 0.15) is 5.56 Å². The fraction of sp³-hybridized carbons (Fsp3) is 0.200. The van der Waals surface area contributed by atoms with E-state index in [-0.39, 0.29) is 0 Å². The summed E-state index contributed by atoms with van der Waals surface area (Å²) in [7, 11) is 0. The highest BCUT2D eigenvalue weighted by Crippen LogP contribution is 2.20. The van der Waals surface area contributed by atoms with Crippen LogP contribution in [-0.4, -0.2) is 41.4 Å². The second-order valence-electron chi connectivity index (χ2n) is 6.27. The van der Waals surface area contributed by atoms with Crippen molar-refractivity contribution in [3.8, 4) is 6.07 Å². The molecule has 1 fully saturated rings. The first kappa shape index (κ1) is 16.8. The molecule has 2 aromatic carbocycles. The second kappa shape index (κ2) is 7.70. The van der Waals surface area contributed by atoms with Crippen LogP contribution < -0.4 is 15.1 Å². The molecule has 1 aromatic heterocycles. The largest absolute Gasteiger partial charge is 0.368 e. The van der Waals surface area contributed by atoms with Crippen LogP contribution in [0.15, 0.2) is 60.8 Å². The zero-order chi connectivity index (χ0) is 18.5. The average Bonchev–Trinajstić information content (AvgIpc) is 2.75. The number of anilines is 4. The zero-order valence-electron chi connectivity index (χ0n) is 14.8. The molecule has 3 aromatic rings. The van der Waals surface area contributed by atoms with Gasteiger partial charge in [0.25, 0.3) is 0 Å². The summed E-state index contributed by atoms with van der Waals surface area (Å²) in [4.78, 5) is 9.09.